The van der Waals surface area contributed by atoms with Gasteiger partial charge in [0.2, 0.25) is 0 Å². The smallest absolute Gasteiger partial charge is 0.340 e. The summed E-state index contributed by atoms with van der Waals surface area (Å²) in [6.45, 7) is 1.66. The van der Waals surface area contributed by atoms with E-state index in [9.17, 15) is 22.8 Å². The molecule has 0 aliphatic carbocycles. The molecule has 0 amide bonds. The molecular weight excluding hydrogens is 311 g/mol. The first-order valence-corrected chi connectivity index (χ1v) is 6.47. The van der Waals surface area contributed by atoms with Gasteiger partial charge in [0.25, 0.3) is 0 Å². The molecule has 0 heterocycles. The van der Waals surface area contributed by atoms with Gasteiger partial charge >= 0.3 is 5.97 Å². The van der Waals surface area contributed by atoms with Crippen LogP contribution in [0.4, 0.5) is 24.5 Å². The van der Waals surface area contributed by atoms with E-state index in [1.54, 1.807) is 13.0 Å². The number of carbonyl (C=O) groups is 2. The van der Waals surface area contributed by atoms with Crippen molar-refractivity contribution in [3.05, 3.63) is 58.4 Å². The first-order chi connectivity index (χ1) is 10.9. The fourth-order valence-corrected chi connectivity index (χ4v) is 1.98. The molecule has 1 N–H and O–H groups in total. The van der Waals surface area contributed by atoms with Crippen molar-refractivity contribution < 1.29 is 27.5 Å². The molecule has 0 fully saturated rings. The maximum absolute atomic E-state index is 14.2. The van der Waals surface area contributed by atoms with Gasteiger partial charge in [-0.2, -0.15) is 0 Å². The number of esters is 1. The Hall–Kier alpha value is -2.83. The summed E-state index contributed by atoms with van der Waals surface area (Å²) < 4.78 is 46.3. The SMILES string of the molecule is COC(=O)c1cc(C=O)c(F)c(F)c1Nc1ccc(C)cc1F. The van der Waals surface area contributed by atoms with E-state index in [1.165, 1.54) is 12.1 Å². The molecule has 23 heavy (non-hydrogen) atoms. The van der Waals surface area contributed by atoms with Crippen LogP contribution in [0.15, 0.2) is 24.3 Å². The van der Waals surface area contributed by atoms with Crippen LogP contribution in [0.3, 0.4) is 0 Å². The average Bonchev–Trinajstić information content (AvgIpc) is 2.53. The lowest BCUT2D eigenvalue weighted by Gasteiger charge is -2.14. The molecule has 0 radical (unpaired) electrons. The van der Waals surface area contributed by atoms with Gasteiger partial charge < -0.3 is 10.1 Å². The van der Waals surface area contributed by atoms with Gasteiger partial charge in [0.15, 0.2) is 17.9 Å². The van der Waals surface area contributed by atoms with Crippen molar-refractivity contribution in [2.24, 2.45) is 0 Å². The van der Waals surface area contributed by atoms with Crippen molar-refractivity contribution in [1.29, 1.82) is 0 Å². The van der Waals surface area contributed by atoms with Crippen molar-refractivity contribution in [2.45, 2.75) is 6.92 Å². The molecule has 7 heteroatoms. The fourth-order valence-electron chi connectivity index (χ4n) is 1.98. The van der Waals surface area contributed by atoms with Crippen molar-refractivity contribution in [2.75, 3.05) is 12.4 Å². The molecule has 0 aliphatic rings. The van der Waals surface area contributed by atoms with E-state index in [0.29, 0.717) is 5.56 Å². The third kappa shape index (κ3) is 3.18. The zero-order chi connectivity index (χ0) is 17.1. The molecule has 0 spiro atoms. The molecular formula is C16H12F3NO3. The average molecular weight is 323 g/mol. The first-order valence-electron chi connectivity index (χ1n) is 6.47. The molecule has 0 bridgehead atoms. The molecule has 0 atom stereocenters. The van der Waals surface area contributed by atoms with Crippen LogP contribution in [0.1, 0.15) is 26.3 Å². The molecule has 0 saturated heterocycles. The molecule has 2 aromatic carbocycles. The van der Waals surface area contributed by atoms with Crippen molar-refractivity contribution in [3.8, 4) is 0 Å². The minimum Gasteiger partial charge on any atom is -0.465 e. The Bertz CT molecular complexity index is 791. The van der Waals surface area contributed by atoms with E-state index < -0.39 is 40.2 Å². The molecule has 0 unspecified atom stereocenters. The number of methoxy groups -OCH3 is 1. The standard InChI is InChI=1S/C16H12F3NO3/c1-8-3-4-12(11(17)5-8)20-15-10(16(22)23-2)6-9(7-21)13(18)14(15)19/h3-7,20H,1-2H3. The number of halogens is 3. The minimum atomic E-state index is -1.48. The van der Waals surface area contributed by atoms with Crippen LogP contribution in [-0.2, 0) is 4.74 Å². The second kappa shape index (κ2) is 6.51. The summed E-state index contributed by atoms with van der Waals surface area (Å²) in [5, 5.41) is 2.34. The van der Waals surface area contributed by atoms with Gasteiger partial charge in [-0.1, -0.05) is 6.07 Å². The molecule has 4 nitrogen and oxygen atoms in total. The van der Waals surface area contributed by atoms with E-state index in [4.69, 9.17) is 0 Å². The quantitative estimate of drug-likeness (QED) is 0.688. The molecule has 0 aromatic heterocycles. The lowest BCUT2D eigenvalue weighted by molar-refractivity contribution is 0.0601. The van der Waals surface area contributed by atoms with Crippen LogP contribution >= 0.6 is 0 Å². The maximum Gasteiger partial charge on any atom is 0.340 e. The molecule has 0 aliphatic heterocycles. The predicted molar refractivity (Wildman–Crippen MR) is 77.5 cm³/mol. The Morgan fingerprint density at radius 1 is 1.17 bits per heavy atom. The number of carbonyl (C=O) groups excluding carboxylic acids is 2. The number of aldehydes is 1. The summed E-state index contributed by atoms with van der Waals surface area (Å²) in [6, 6.07) is 4.90. The number of hydrogen-bond donors (Lipinski definition) is 1. The summed E-state index contributed by atoms with van der Waals surface area (Å²) in [6.07, 6.45) is 0.0705. The molecule has 120 valence electrons. The van der Waals surface area contributed by atoms with Crippen LogP contribution in [0.2, 0.25) is 0 Å². The highest BCUT2D eigenvalue weighted by molar-refractivity contribution is 5.98. The highest BCUT2D eigenvalue weighted by atomic mass is 19.2. The summed E-state index contributed by atoms with van der Waals surface area (Å²) in [4.78, 5) is 22.5. The first kappa shape index (κ1) is 16.5. The maximum atomic E-state index is 14.2. The normalized spacial score (nSPS) is 10.3. The summed E-state index contributed by atoms with van der Waals surface area (Å²) >= 11 is 0. The number of hydrogen-bond acceptors (Lipinski definition) is 4. The van der Waals surface area contributed by atoms with E-state index >= 15 is 0 Å². The highest BCUT2D eigenvalue weighted by Crippen LogP contribution is 2.30. The van der Waals surface area contributed by atoms with Gasteiger partial charge in [0, 0.05) is 0 Å². The van der Waals surface area contributed by atoms with Gasteiger partial charge in [-0.05, 0) is 30.7 Å². The number of anilines is 2. The number of nitrogens with one attached hydrogen (secondary N) is 1. The van der Waals surface area contributed by atoms with E-state index in [0.717, 1.165) is 13.2 Å². The lowest BCUT2D eigenvalue weighted by Crippen LogP contribution is -2.11. The van der Waals surface area contributed by atoms with Crippen molar-refractivity contribution in [1.82, 2.24) is 0 Å². The second-order valence-electron chi connectivity index (χ2n) is 4.73. The largest absolute Gasteiger partial charge is 0.465 e. The monoisotopic (exact) mass is 323 g/mol. The van der Waals surface area contributed by atoms with Gasteiger partial charge in [-0.3, -0.25) is 4.79 Å². The third-order valence-corrected chi connectivity index (χ3v) is 3.15. The Morgan fingerprint density at radius 3 is 2.43 bits per heavy atom. The van der Waals surface area contributed by atoms with Gasteiger partial charge in [-0.15, -0.1) is 0 Å². The number of aryl methyl sites for hydroxylation is 1. The summed E-state index contributed by atoms with van der Waals surface area (Å²) in [7, 11) is 1.04. The lowest BCUT2D eigenvalue weighted by atomic mass is 10.1. The Balaban J connectivity index is 2.62. The molecule has 2 rings (SSSR count). The Labute approximate surface area is 129 Å². The summed E-state index contributed by atoms with van der Waals surface area (Å²) in [5.74, 6) is -4.63. The van der Waals surface area contributed by atoms with Crippen LogP contribution < -0.4 is 5.32 Å². The van der Waals surface area contributed by atoms with E-state index in [-0.39, 0.29) is 12.0 Å². The third-order valence-electron chi connectivity index (χ3n) is 3.15. The molecule has 0 saturated carbocycles. The van der Waals surface area contributed by atoms with Crippen LogP contribution in [0.5, 0.6) is 0 Å². The van der Waals surface area contributed by atoms with Crippen molar-refractivity contribution >= 4 is 23.6 Å². The predicted octanol–water partition coefficient (Wildman–Crippen LogP) is 3.76. The van der Waals surface area contributed by atoms with Gasteiger partial charge in [0.05, 0.1) is 29.6 Å². The van der Waals surface area contributed by atoms with Crippen molar-refractivity contribution in [3.63, 3.8) is 0 Å². The Morgan fingerprint density at radius 2 is 1.87 bits per heavy atom. The number of rotatable bonds is 4. The van der Waals surface area contributed by atoms with E-state index in [2.05, 4.69) is 10.1 Å². The van der Waals surface area contributed by atoms with Crippen LogP contribution in [0, 0.1) is 24.4 Å². The second-order valence-corrected chi connectivity index (χ2v) is 4.73. The topological polar surface area (TPSA) is 55.4 Å². The summed E-state index contributed by atoms with van der Waals surface area (Å²) in [5.41, 5.74) is -1.20. The fraction of sp³-hybridized carbons (Fsp3) is 0.125. The highest BCUT2D eigenvalue weighted by Gasteiger charge is 2.23. The van der Waals surface area contributed by atoms with E-state index in [1.807, 2.05) is 0 Å². The molecule has 2 aromatic rings. The minimum absolute atomic E-state index is 0.0705. The zero-order valence-electron chi connectivity index (χ0n) is 12.2. The number of ether oxygens (including phenoxy) is 1. The van der Waals surface area contributed by atoms with Crippen LogP contribution in [0.25, 0.3) is 0 Å². The van der Waals surface area contributed by atoms with Gasteiger partial charge in [0.1, 0.15) is 5.82 Å². The zero-order valence-corrected chi connectivity index (χ0v) is 12.2. The van der Waals surface area contributed by atoms with Crippen LogP contribution in [-0.4, -0.2) is 19.4 Å². The van der Waals surface area contributed by atoms with Gasteiger partial charge in [-0.25, -0.2) is 18.0 Å². The Kier molecular flexibility index (Phi) is 4.68. The number of benzene rings is 2.